The van der Waals surface area contributed by atoms with Gasteiger partial charge in [-0.25, -0.2) is 4.79 Å². The molecule has 0 saturated carbocycles. The number of hydrogen-bond donors (Lipinski definition) is 1. The zero-order valence-electron chi connectivity index (χ0n) is 12.1. The molecule has 6 nitrogen and oxygen atoms in total. The van der Waals surface area contributed by atoms with Crippen LogP contribution in [-0.2, 0) is 11.3 Å². The molecule has 1 N–H and O–H groups in total. The van der Waals surface area contributed by atoms with E-state index < -0.39 is 6.09 Å². The van der Waals surface area contributed by atoms with Gasteiger partial charge in [-0.05, 0) is 23.8 Å². The highest BCUT2D eigenvalue weighted by molar-refractivity contribution is 6.32. The van der Waals surface area contributed by atoms with Crippen LogP contribution in [0.1, 0.15) is 5.56 Å². The molecule has 2 rings (SSSR count). The molecule has 0 atom stereocenters. The van der Waals surface area contributed by atoms with Crippen molar-refractivity contribution in [2.45, 2.75) is 6.61 Å². The number of rotatable bonds is 5. The standard InChI is InChI=1S/C15H15ClN2O4/c1-20-13-8-14(21-2)12(7-11(13)16)18-15(19)22-9-10-3-5-17-6-4-10/h3-8H,9H2,1-2H3,(H,18,19). The maximum Gasteiger partial charge on any atom is 0.412 e. The predicted molar refractivity (Wildman–Crippen MR) is 82.6 cm³/mol. The van der Waals surface area contributed by atoms with Crippen molar-refractivity contribution in [1.29, 1.82) is 0 Å². The molecule has 22 heavy (non-hydrogen) atoms. The minimum absolute atomic E-state index is 0.139. The lowest BCUT2D eigenvalue weighted by atomic mass is 10.2. The Morgan fingerprint density at radius 2 is 1.86 bits per heavy atom. The zero-order valence-corrected chi connectivity index (χ0v) is 12.9. The van der Waals surface area contributed by atoms with E-state index in [1.807, 2.05) is 0 Å². The molecule has 0 radical (unpaired) electrons. The maximum absolute atomic E-state index is 11.8. The first-order chi connectivity index (χ1) is 10.6. The Morgan fingerprint density at radius 1 is 1.18 bits per heavy atom. The van der Waals surface area contributed by atoms with Crippen LogP contribution in [0.5, 0.6) is 11.5 Å². The smallest absolute Gasteiger partial charge is 0.412 e. The number of nitrogens with zero attached hydrogens (tertiary/aromatic N) is 1. The third-order valence-electron chi connectivity index (χ3n) is 2.83. The van der Waals surface area contributed by atoms with E-state index in [4.69, 9.17) is 25.8 Å². The fraction of sp³-hybridized carbons (Fsp3) is 0.200. The van der Waals surface area contributed by atoms with E-state index >= 15 is 0 Å². The van der Waals surface area contributed by atoms with Crippen molar-refractivity contribution < 1.29 is 19.0 Å². The largest absolute Gasteiger partial charge is 0.495 e. The van der Waals surface area contributed by atoms with Gasteiger partial charge in [-0.1, -0.05) is 11.6 Å². The van der Waals surface area contributed by atoms with Crippen molar-refractivity contribution in [1.82, 2.24) is 4.98 Å². The summed E-state index contributed by atoms with van der Waals surface area (Å²) in [5, 5.41) is 2.94. The Hall–Kier alpha value is -2.47. The molecule has 0 aliphatic heterocycles. The monoisotopic (exact) mass is 322 g/mol. The number of anilines is 1. The van der Waals surface area contributed by atoms with Gasteiger partial charge in [0.2, 0.25) is 0 Å². The van der Waals surface area contributed by atoms with Crippen LogP contribution in [0.3, 0.4) is 0 Å². The van der Waals surface area contributed by atoms with E-state index in [0.29, 0.717) is 22.2 Å². The van der Waals surface area contributed by atoms with Crippen LogP contribution in [-0.4, -0.2) is 25.3 Å². The summed E-state index contributed by atoms with van der Waals surface area (Å²) in [6.07, 6.45) is 2.64. The van der Waals surface area contributed by atoms with Gasteiger partial charge in [-0.15, -0.1) is 0 Å². The van der Waals surface area contributed by atoms with Crippen LogP contribution in [0.15, 0.2) is 36.7 Å². The lowest BCUT2D eigenvalue weighted by Gasteiger charge is -2.13. The van der Waals surface area contributed by atoms with Gasteiger partial charge in [0.15, 0.2) is 0 Å². The second kappa shape index (κ2) is 7.51. The molecule has 1 heterocycles. The van der Waals surface area contributed by atoms with Crippen molar-refractivity contribution in [2.24, 2.45) is 0 Å². The van der Waals surface area contributed by atoms with Crippen LogP contribution < -0.4 is 14.8 Å². The number of ether oxygens (including phenoxy) is 3. The molecule has 0 spiro atoms. The highest BCUT2D eigenvalue weighted by Crippen LogP contribution is 2.35. The molecule has 2 aromatic rings. The molecule has 1 amide bonds. The first kappa shape index (κ1) is 15.9. The second-order valence-electron chi connectivity index (χ2n) is 4.24. The number of amides is 1. The van der Waals surface area contributed by atoms with Crippen LogP contribution in [0.4, 0.5) is 10.5 Å². The first-order valence-electron chi connectivity index (χ1n) is 6.38. The third kappa shape index (κ3) is 4.02. The molecule has 0 aliphatic carbocycles. The SMILES string of the molecule is COc1cc(OC)c(NC(=O)OCc2ccncc2)cc1Cl. The van der Waals surface area contributed by atoms with Gasteiger partial charge in [0.05, 0.1) is 24.9 Å². The molecular formula is C15H15ClN2O4. The van der Waals surface area contributed by atoms with Crippen LogP contribution in [0.2, 0.25) is 5.02 Å². The van der Waals surface area contributed by atoms with Crippen molar-refractivity contribution >= 4 is 23.4 Å². The number of aromatic nitrogens is 1. The molecular weight excluding hydrogens is 308 g/mol. The summed E-state index contributed by atoms with van der Waals surface area (Å²) in [5.41, 5.74) is 1.23. The topological polar surface area (TPSA) is 69.7 Å². The lowest BCUT2D eigenvalue weighted by Crippen LogP contribution is -2.14. The van der Waals surface area contributed by atoms with Gasteiger partial charge in [0.1, 0.15) is 18.1 Å². The normalized spacial score (nSPS) is 9.95. The van der Waals surface area contributed by atoms with E-state index in [9.17, 15) is 4.79 Å². The van der Waals surface area contributed by atoms with Gasteiger partial charge in [0.25, 0.3) is 0 Å². The molecule has 0 bridgehead atoms. The van der Waals surface area contributed by atoms with Crippen LogP contribution >= 0.6 is 11.6 Å². The number of hydrogen-bond acceptors (Lipinski definition) is 5. The van der Waals surface area contributed by atoms with E-state index in [-0.39, 0.29) is 6.61 Å². The summed E-state index contributed by atoms with van der Waals surface area (Å²) in [4.78, 5) is 15.7. The minimum atomic E-state index is -0.614. The second-order valence-corrected chi connectivity index (χ2v) is 4.65. The fourth-order valence-electron chi connectivity index (χ4n) is 1.73. The lowest BCUT2D eigenvalue weighted by molar-refractivity contribution is 0.155. The number of carbonyl (C=O) groups excluding carboxylic acids is 1. The van der Waals surface area contributed by atoms with E-state index in [1.54, 1.807) is 30.6 Å². The molecule has 1 aromatic heterocycles. The van der Waals surface area contributed by atoms with Gasteiger partial charge >= 0.3 is 6.09 Å². The number of halogens is 1. The first-order valence-corrected chi connectivity index (χ1v) is 6.76. The molecule has 0 aliphatic rings. The summed E-state index contributed by atoms with van der Waals surface area (Å²) < 4.78 is 15.4. The molecule has 116 valence electrons. The average molecular weight is 323 g/mol. The maximum atomic E-state index is 11.8. The van der Waals surface area contributed by atoms with Gasteiger partial charge in [0, 0.05) is 18.5 Å². The van der Waals surface area contributed by atoms with Gasteiger partial charge in [-0.3, -0.25) is 10.3 Å². The van der Waals surface area contributed by atoms with Crippen LogP contribution in [0.25, 0.3) is 0 Å². The summed E-state index contributed by atoms with van der Waals surface area (Å²) in [5.74, 6) is 0.872. The Morgan fingerprint density at radius 3 is 2.50 bits per heavy atom. The van der Waals surface area contributed by atoms with Gasteiger partial charge in [-0.2, -0.15) is 0 Å². The third-order valence-corrected chi connectivity index (χ3v) is 3.13. The number of nitrogens with one attached hydrogen (secondary N) is 1. The number of benzene rings is 1. The molecule has 0 saturated heterocycles. The molecule has 1 aromatic carbocycles. The minimum Gasteiger partial charge on any atom is -0.495 e. The molecule has 0 fully saturated rings. The van der Waals surface area contributed by atoms with Crippen molar-refractivity contribution in [2.75, 3.05) is 19.5 Å². The van der Waals surface area contributed by atoms with E-state index in [1.165, 1.54) is 20.3 Å². The Kier molecular flexibility index (Phi) is 5.43. The summed E-state index contributed by atoms with van der Waals surface area (Å²) >= 11 is 6.04. The van der Waals surface area contributed by atoms with Gasteiger partial charge < -0.3 is 14.2 Å². The molecule has 0 unspecified atom stereocenters. The quantitative estimate of drug-likeness (QED) is 0.912. The Bertz CT molecular complexity index is 649. The summed E-state index contributed by atoms with van der Waals surface area (Å²) in [7, 11) is 2.98. The summed E-state index contributed by atoms with van der Waals surface area (Å²) in [6.45, 7) is 0.139. The van der Waals surface area contributed by atoms with Crippen LogP contribution in [0, 0.1) is 0 Å². The zero-order chi connectivity index (χ0) is 15.9. The number of carbonyl (C=O) groups is 1. The highest BCUT2D eigenvalue weighted by atomic mass is 35.5. The fourth-order valence-corrected chi connectivity index (χ4v) is 1.97. The van der Waals surface area contributed by atoms with Crippen molar-refractivity contribution in [3.05, 3.63) is 47.2 Å². The number of pyridine rings is 1. The Labute approximate surface area is 133 Å². The van der Waals surface area contributed by atoms with Crippen molar-refractivity contribution in [3.63, 3.8) is 0 Å². The highest BCUT2D eigenvalue weighted by Gasteiger charge is 2.13. The summed E-state index contributed by atoms with van der Waals surface area (Å²) in [6, 6.07) is 6.64. The molecule has 7 heteroatoms. The average Bonchev–Trinajstić information content (AvgIpc) is 2.54. The number of methoxy groups -OCH3 is 2. The van der Waals surface area contributed by atoms with E-state index in [2.05, 4.69) is 10.3 Å². The Balaban J connectivity index is 2.03. The van der Waals surface area contributed by atoms with E-state index in [0.717, 1.165) is 5.56 Å². The van der Waals surface area contributed by atoms with Crippen molar-refractivity contribution in [3.8, 4) is 11.5 Å². The predicted octanol–water partition coefficient (Wildman–Crippen LogP) is 3.50.